The molecule has 4 rings (SSSR count). The van der Waals surface area contributed by atoms with Gasteiger partial charge in [-0.25, -0.2) is 4.98 Å². The first-order valence-corrected chi connectivity index (χ1v) is 12.8. The van der Waals surface area contributed by atoms with Crippen LogP contribution in [0.2, 0.25) is 0 Å². The Balaban J connectivity index is 1.76. The lowest BCUT2D eigenvalue weighted by Crippen LogP contribution is -2.39. The number of hydrogen-bond donors (Lipinski definition) is 0. The fourth-order valence-corrected chi connectivity index (χ4v) is 4.99. The van der Waals surface area contributed by atoms with Crippen LogP contribution in [0.1, 0.15) is 55.4 Å². The minimum atomic E-state index is -0.328. The van der Waals surface area contributed by atoms with E-state index in [0.717, 1.165) is 29.7 Å². The van der Waals surface area contributed by atoms with Crippen LogP contribution in [-0.2, 0) is 17.8 Å². The monoisotopic (exact) mass is 473 g/mol. The molecule has 0 fully saturated rings. The molecule has 0 aliphatic carbocycles. The molecule has 1 atom stereocenters. The summed E-state index contributed by atoms with van der Waals surface area (Å²) >= 11 is 1.60. The van der Waals surface area contributed by atoms with E-state index in [2.05, 4.69) is 6.92 Å². The lowest BCUT2D eigenvalue weighted by Gasteiger charge is -2.31. The van der Waals surface area contributed by atoms with Gasteiger partial charge in [0.1, 0.15) is 5.82 Å². The largest absolute Gasteiger partial charge is 0.332 e. The standard InChI is InChI=1S/C28H31N3O2S/c1-3-4-10-17-30(26(32)19-23-14-11-18-34-23)21(2)27-29-25-16-9-8-15-24(25)28(33)31(27)20-22-12-6-5-7-13-22/h5-9,11-16,18,21H,3-4,10,17,19-20H2,1-2H3. The van der Waals surface area contributed by atoms with E-state index < -0.39 is 0 Å². The second-order valence-electron chi connectivity index (χ2n) is 8.59. The van der Waals surface area contributed by atoms with Gasteiger partial charge in [0.2, 0.25) is 5.91 Å². The summed E-state index contributed by atoms with van der Waals surface area (Å²) in [6, 6.07) is 21.0. The number of aromatic nitrogens is 2. The van der Waals surface area contributed by atoms with E-state index in [9.17, 15) is 9.59 Å². The summed E-state index contributed by atoms with van der Waals surface area (Å²) in [6.45, 7) is 5.21. The summed E-state index contributed by atoms with van der Waals surface area (Å²) in [7, 11) is 0. The Morgan fingerprint density at radius 1 is 1.03 bits per heavy atom. The SMILES string of the molecule is CCCCCN(C(=O)Cc1cccs1)C(C)c1nc2ccccc2c(=O)n1Cc1ccccc1. The second-order valence-corrected chi connectivity index (χ2v) is 9.62. The first kappa shape index (κ1) is 23.9. The number of nitrogens with zero attached hydrogens (tertiary/aromatic N) is 3. The maximum atomic E-state index is 13.6. The Morgan fingerprint density at radius 2 is 1.79 bits per heavy atom. The first-order chi connectivity index (χ1) is 16.6. The van der Waals surface area contributed by atoms with Gasteiger partial charge in [-0.3, -0.25) is 14.2 Å². The molecule has 2 aromatic heterocycles. The minimum absolute atomic E-state index is 0.0692. The molecule has 1 unspecified atom stereocenters. The molecule has 0 saturated heterocycles. The normalized spacial score (nSPS) is 12.1. The van der Waals surface area contributed by atoms with Crippen LogP contribution in [0.15, 0.2) is 76.9 Å². The molecule has 0 N–H and O–H groups in total. The third-order valence-corrected chi connectivity index (χ3v) is 7.02. The molecule has 0 aliphatic rings. The number of carbonyl (C=O) groups excluding carboxylic acids is 1. The van der Waals surface area contributed by atoms with E-state index >= 15 is 0 Å². The van der Waals surface area contributed by atoms with E-state index in [4.69, 9.17) is 4.98 Å². The van der Waals surface area contributed by atoms with E-state index in [1.807, 2.05) is 83.9 Å². The van der Waals surface area contributed by atoms with Crippen molar-refractivity contribution < 1.29 is 4.79 Å². The van der Waals surface area contributed by atoms with Crippen LogP contribution < -0.4 is 5.56 Å². The maximum absolute atomic E-state index is 13.6. The van der Waals surface area contributed by atoms with E-state index in [0.29, 0.717) is 36.2 Å². The van der Waals surface area contributed by atoms with Gasteiger partial charge in [0.25, 0.3) is 5.56 Å². The van der Waals surface area contributed by atoms with Crippen molar-refractivity contribution in [3.63, 3.8) is 0 Å². The highest BCUT2D eigenvalue weighted by molar-refractivity contribution is 7.10. The molecule has 1 amide bonds. The predicted molar refractivity (Wildman–Crippen MR) is 139 cm³/mol. The van der Waals surface area contributed by atoms with Crippen molar-refractivity contribution >= 4 is 28.1 Å². The van der Waals surface area contributed by atoms with Crippen LogP contribution in [0, 0.1) is 0 Å². The van der Waals surface area contributed by atoms with Crippen LogP contribution in [-0.4, -0.2) is 26.9 Å². The highest BCUT2D eigenvalue weighted by atomic mass is 32.1. The summed E-state index contributed by atoms with van der Waals surface area (Å²) in [5.74, 6) is 0.698. The Morgan fingerprint density at radius 3 is 2.53 bits per heavy atom. The fourth-order valence-electron chi connectivity index (χ4n) is 4.29. The van der Waals surface area contributed by atoms with Crippen molar-refractivity contribution in [1.29, 1.82) is 0 Å². The molecular weight excluding hydrogens is 442 g/mol. The molecular formula is C28H31N3O2S. The molecule has 2 aromatic carbocycles. The molecule has 5 nitrogen and oxygen atoms in total. The summed E-state index contributed by atoms with van der Waals surface area (Å²) in [5.41, 5.74) is 1.62. The quantitative estimate of drug-likeness (QED) is 0.272. The summed E-state index contributed by atoms with van der Waals surface area (Å²) in [6.07, 6.45) is 3.42. The lowest BCUT2D eigenvalue weighted by atomic mass is 10.1. The molecule has 0 aliphatic heterocycles. The molecule has 4 aromatic rings. The molecule has 0 bridgehead atoms. The Kier molecular flexibility index (Phi) is 7.91. The zero-order chi connectivity index (χ0) is 23.9. The van der Waals surface area contributed by atoms with Crippen molar-refractivity contribution in [3.8, 4) is 0 Å². The minimum Gasteiger partial charge on any atom is -0.332 e. The number of benzene rings is 2. The number of carbonyl (C=O) groups is 1. The molecule has 0 spiro atoms. The molecule has 34 heavy (non-hydrogen) atoms. The first-order valence-electron chi connectivity index (χ1n) is 11.9. The number of para-hydroxylation sites is 1. The number of fused-ring (bicyclic) bond motifs is 1. The van der Waals surface area contributed by atoms with E-state index in [-0.39, 0.29) is 17.5 Å². The van der Waals surface area contributed by atoms with Gasteiger partial charge in [-0.2, -0.15) is 0 Å². The average molecular weight is 474 g/mol. The van der Waals surface area contributed by atoms with Crippen molar-refractivity contribution in [3.05, 3.63) is 98.7 Å². The highest BCUT2D eigenvalue weighted by Gasteiger charge is 2.26. The predicted octanol–water partition coefficient (Wildman–Crippen LogP) is 5.83. The molecule has 2 heterocycles. The van der Waals surface area contributed by atoms with Crippen LogP contribution >= 0.6 is 11.3 Å². The summed E-state index contributed by atoms with van der Waals surface area (Å²) in [4.78, 5) is 34.9. The van der Waals surface area contributed by atoms with Crippen LogP contribution in [0.3, 0.4) is 0 Å². The van der Waals surface area contributed by atoms with Crippen LogP contribution in [0.4, 0.5) is 0 Å². The van der Waals surface area contributed by atoms with Crippen LogP contribution in [0.25, 0.3) is 10.9 Å². The third-order valence-electron chi connectivity index (χ3n) is 6.14. The van der Waals surface area contributed by atoms with E-state index in [1.54, 1.807) is 15.9 Å². The second kappa shape index (κ2) is 11.3. The highest BCUT2D eigenvalue weighted by Crippen LogP contribution is 2.23. The van der Waals surface area contributed by atoms with Gasteiger partial charge < -0.3 is 4.90 Å². The van der Waals surface area contributed by atoms with Gasteiger partial charge in [-0.05, 0) is 42.5 Å². The molecule has 0 radical (unpaired) electrons. The fraction of sp³-hybridized carbons (Fsp3) is 0.321. The van der Waals surface area contributed by atoms with Gasteiger partial charge in [-0.1, -0.05) is 68.3 Å². The van der Waals surface area contributed by atoms with E-state index in [1.165, 1.54) is 0 Å². The number of hydrogen-bond acceptors (Lipinski definition) is 4. The number of rotatable bonds is 10. The zero-order valence-electron chi connectivity index (χ0n) is 19.8. The molecule has 6 heteroatoms. The van der Waals surface area contributed by atoms with Crippen molar-refractivity contribution in [1.82, 2.24) is 14.5 Å². The van der Waals surface area contributed by atoms with Crippen molar-refractivity contribution in [2.24, 2.45) is 0 Å². The summed E-state index contributed by atoms with van der Waals surface area (Å²) in [5, 5.41) is 2.59. The smallest absolute Gasteiger partial charge is 0.261 e. The number of thiophene rings is 1. The maximum Gasteiger partial charge on any atom is 0.261 e. The van der Waals surface area contributed by atoms with Gasteiger partial charge in [0.15, 0.2) is 0 Å². The lowest BCUT2D eigenvalue weighted by molar-refractivity contribution is -0.132. The topological polar surface area (TPSA) is 55.2 Å². The number of amides is 1. The van der Waals surface area contributed by atoms with Gasteiger partial charge in [0.05, 0.1) is 29.9 Å². The van der Waals surface area contributed by atoms with Crippen molar-refractivity contribution in [2.75, 3.05) is 6.54 Å². The Bertz CT molecular complexity index is 1280. The Hall–Kier alpha value is -3.25. The third kappa shape index (κ3) is 5.45. The molecule has 0 saturated carbocycles. The van der Waals surface area contributed by atoms with Crippen LogP contribution in [0.5, 0.6) is 0 Å². The molecule has 176 valence electrons. The zero-order valence-corrected chi connectivity index (χ0v) is 20.6. The van der Waals surface area contributed by atoms with Gasteiger partial charge >= 0.3 is 0 Å². The van der Waals surface area contributed by atoms with Gasteiger partial charge in [-0.15, -0.1) is 11.3 Å². The number of unbranched alkanes of at least 4 members (excludes halogenated alkanes) is 2. The Labute approximate surface area is 204 Å². The van der Waals surface area contributed by atoms with Gasteiger partial charge in [0, 0.05) is 11.4 Å². The summed E-state index contributed by atoms with van der Waals surface area (Å²) < 4.78 is 1.74. The van der Waals surface area contributed by atoms with Crippen molar-refractivity contribution in [2.45, 2.75) is 52.1 Å². The average Bonchev–Trinajstić information content (AvgIpc) is 3.37.